The van der Waals surface area contributed by atoms with E-state index in [9.17, 15) is 13.2 Å². The van der Waals surface area contributed by atoms with Gasteiger partial charge in [-0.15, -0.1) is 0 Å². The molecule has 0 amide bonds. The molecule has 2 atom stereocenters. The number of hydrogen-bond acceptors (Lipinski definition) is 2. The molecule has 1 aliphatic heterocycles. The third-order valence-corrected chi connectivity index (χ3v) is 2.57. The largest absolute Gasteiger partial charge is 0.408 e. The van der Waals surface area contributed by atoms with Crippen LogP contribution in [0.2, 0.25) is 0 Å². The number of anilines is 1. The van der Waals surface area contributed by atoms with Crippen LogP contribution in [-0.4, -0.2) is 22.0 Å². The Morgan fingerprint density at radius 2 is 2.20 bits per heavy atom. The summed E-state index contributed by atoms with van der Waals surface area (Å²) in [6.45, 7) is 3.51. The van der Waals surface area contributed by atoms with Crippen molar-refractivity contribution in [2.45, 2.75) is 38.5 Å². The van der Waals surface area contributed by atoms with Crippen LogP contribution >= 0.6 is 0 Å². The van der Waals surface area contributed by atoms with Crippen LogP contribution in [0.25, 0.3) is 0 Å². The Hall–Kier alpha value is -1.20. The molecule has 1 N–H and O–H groups in total. The average molecular weight is 219 g/mol. The van der Waals surface area contributed by atoms with E-state index in [4.69, 9.17) is 0 Å². The van der Waals surface area contributed by atoms with Crippen LogP contribution in [0, 0.1) is 6.92 Å². The summed E-state index contributed by atoms with van der Waals surface area (Å²) in [6, 6.07) is -0.0494. The molecule has 0 saturated heterocycles. The van der Waals surface area contributed by atoms with Crippen molar-refractivity contribution in [1.29, 1.82) is 0 Å². The van der Waals surface area contributed by atoms with Crippen LogP contribution in [0.5, 0.6) is 0 Å². The van der Waals surface area contributed by atoms with Crippen LogP contribution in [0.1, 0.15) is 25.1 Å². The van der Waals surface area contributed by atoms with Gasteiger partial charge in [0, 0.05) is 6.07 Å². The predicted molar refractivity (Wildman–Crippen MR) is 49.8 cm³/mol. The molecule has 6 heteroatoms. The quantitative estimate of drug-likeness (QED) is 0.726. The highest BCUT2D eigenvalue weighted by Crippen LogP contribution is 2.34. The van der Waals surface area contributed by atoms with E-state index < -0.39 is 12.2 Å². The first-order valence-electron chi connectivity index (χ1n) is 4.77. The molecule has 2 rings (SSSR count). The number of rotatable bonds is 0. The number of halogens is 3. The summed E-state index contributed by atoms with van der Waals surface area (Å²) in [4.78, 5) is 0. The van der Waals surface area contributed by atoms with Crippen molar-refractivity contribution in [3.63, 3.8) is 0 Å². The first-order chi connectivity index (χ1) is 6.88. The van der Waals surface area contributed by atoms with Crippen molar-refractivity contribution in [1.82, 2.24) is 9.78 Å². The summed E-state index contributed by atoms with van der Waals surface area (Å²) >= 11 is 0. The number of nitrogens with one attached hydrogen (secondary N) is 1. The molecular formula is C9H12F3N3. The van der Waals surface area contributed by atoms with E-state index in [-0.39, 0.29) is 12.5 Å². The second kappa shape index (κ2) is 3.15. The maximum Gasteiger partial charge on any atom is 0.408 e. The van der Waals surface area contributed by atoms with Crippen molar-refractivity contribution in [3.8, 4) is 0 Å². The molecule has 1 aliphatic rings. The van der Waals surface area contributed by atoms with Crippen molar-refractivity contribution in [2.24, 2.45) is 0 Å². The Bertz CT molecular complexity index is 369. The highest BCUT2D eigenvalue weighted by molar-refractivity contribution is 5.40. The monoisotopic (exact) mass is 219 g/mol. The first kappa shape index (κ1) is 10.3. The molecule has 0 aromatic carbocycles. The summed E-state index contributed by atoms with van der Waals surface area (Å²) in [7, 11) is 0. The zero-order chi connectivity index (χ0) is 11.2. The number of nitrogens with zero attached hydrogens (tertiary/aromatic N) is 2. The molecule has 1 aromatic rings. The summed E-state index contributed by atoms with van der Waals surface area (Å²) in [5.41, 5.74) is 0.729. The van der Waals surface area contributed by atoms with Gasteiger partial charge in [-0.05, 0) is 20.3 Å². The minimum absolute atomic E-state index is 0.0254. The number of alkyl halides is 3. The van der Waals surface area contributed by atoms with Crippen molar-refractivity contribution in [2.75, 3.05) is 5.32 Å². The molecule has 0 unspecified atom stereocenters. The molecule has 0 spiro atoms. The van der Waals surface area contributed by atoms with Gasteiger partial charge in [0.15, 0.2) is 0 Å². The molecule has 0 aliphatic carbocycles. The molecule has 0 radical (unpaired) electrons. The van der Waals surface area contributed by atoms with Gasteiger partial charge in [0.05, 0.1) is 11.7 Å². The zero-order valence-corrected chi connectivity index (χ0v) is 8.47. The van der Waals surface area contributed by atoms with Crippen molar-refractivity contribution < 1.29 is 13.2 Å². The van der Waals surface area contributed by atoms with Crippen LogP contribution in [0.3, 0.4) is 0 Å². The van der Waals surface area contributed by atoms with Gasteiger partial charge in [-0.2, -0.15) is 18.3 Å². The first-order valence-corrected chi connectivity index (χ1v) is 4.77. The van der Waals surface area contributed by atoms with Crippen molar-refractivity contribution >= 4 is 5.82 Å². The molecule has 1 aromatic heterocycles. The lowest BCUT2D eigenvalue weighted by Crippen LogP contribution is -2.42. The van der Waals surface area contributed by atoms with Gasteiger partial charge < -0.3 is 5.32 Å². The Kier molecular flexibility index (Phi) is 2.17. The zero-order valence-electron chi connectivity index (χ0n) is 8.47. The Morgan fingerprint density at radius 1 is 1.53 bits per heavy atom. The predicted octanol–water partition coefficient (Wildman–Crippen LogP) is 2.50. The SMILES string of the molecule is Cc1cc2n(n1)[C@@H](C)C[C@H](C(F)(F)F)N2. The van der Waals surface area contributed by atoms with E-state index in [2.05, 4.69) is 10.4 Å². The Morgan fingerprint density at radius 3 is 2.80 bits per heavy atom. The molecule has 3 nitrogen and oxygen atoms in total. The highest BCUT2D eigenvalue weighted by Gasteiger charge is 2.43. The van der Waals surface area contributed by atoms with Crippen molar-refractivity contribution in [3.05, 3.63) is 11.8 Å². The second-order valence-electron chi connectivity index (χ2n) is 3.94. The molecule has 0 bridgehead atoms. The second-order valence-corrected chi connectivity index (χ2v) is 3.94. The smallest absolute Gasteiger partial charge is 0.359 e. The van der Waals surface area contributed by atoms with E-state index in [1.807, 2.05) is 0 Å². The fourth-order valence-corrected chi connectivity index (χ4v) is 1.85. The summed E-state index contributed by atoms with van der Waals surface area (Å²) < 4.78 is 39.2. The fourth-order valence-electron chi connectivity index (χ4n) is 1.85. The third-order valence-electron chi connectivity index (χ3n) is 2.57. The maximum absolute atomic E-state index is 12.5. The third kappa shape index (κ3) is 1.80. The molecule has 2 heterocycles. The van der Waals surface area contributed by atoms with Gasteiger partial charge in [-0.1, -0.05) is 0 Å². The van der Waals surface area contributed by atoms with Gasteiger partial charge in [-0.3, -0.25) is 0 Å². The number of hydrogen-bond donors (Lipinski definition) is 1. The molecule has 15 heavy (non-hydrogen) atoms. The number of aromatic nitrogens is 2. The maximum atomic E-state index is 12.5. The number of aryl methyl sites for hydroxylation is 1. The number of fused-ring (bicyclic) bond motifs is 1. The van der Waals surface area contributed by atoms with Crippen LogP contribution in [-0.2, 0) is 0 Å². The van der Waals surface area contributed by atoms with Gasteiger partial charge in [-0.25, -0.2) is 4.68 Å². The lowest BCUT2D eigenvalue weighted by atomic mass is 10.1. The van der Waals surface area contributed by atoms with Crippen LogP contribution < -0.4 is 5.32 Å². The highest BCUT2D eigenvalue weighted by atomic mass is 19.4. The average Bonchev–Trinajstić information content (AvgIpc) is 2.44. The van der Waals surface area contributed by atoms with E-state index >= 15 is 0 Å². The minimum atomic E-state index is -4.20. The van der Waals surface area contributed by atoms with Gasteiger partial charge in [0.1, 0.15) is 11.9 Å². The van der Waals surface area contributed by atoms with Gasteiger partial charge in [0.2, 0.25) is 0 Å². The summed E-state index contributed by atoms with van der Waals surface area (Å²) in [5, 5.41) is 6.60. The van der Waals surface area contributed by atoms with Gasteiger partial charge >= 0.3 is 6.18 Å². The normalized spacial score (nSPS) is 25.9. The topological polar surface area (TPSA) is 29.9 Å². The van der Waals surface area contributed by atoms with E-state index in [1.54, 1.807) is 24.6 Å². The minimum Gasteiger partial charge on any atom is -0.359 e. The molecule has 0 saturated carbocycles. The van der Waals surface area contributed by atoms with Crippen LogP contribution in [0.15, 0.2) is 6.07 Å². The van der Waals surface area contributed by atoms with Crippen LogP contribution in [0.4, 0.5) is 19.0 Å². The summed E-state index contributed by atoms with van der Waals surface area (Å²) in [6.07, 6.45) is -4.17. The van der Waals surface area contributed by atoms with E-state index in [0.717, 1.165) is 5.69 Å². The fraction of sp³-hybridized carbons (Fsp3) is 0.667. The Balaban J connectivity index is 2.30. The van der Waals surface area contributed by atoms with E-state index in [1.165, 1.54) is 0 Å². The molecule has 84 valence electrons. The van der Waals surface area contributed by atoms with Gasteiger partial charge in [0.25, 0.3) is 0 Å². The lowest BCUT2D eigenvalue weighted by molar-refractivity contribution is -0.147. The molecule has 0 fully saturated rings. The van der Waals surface area contributed by atoms with E-state index in [0.29, 0.717) is 5.82 Å². The standard InChI is InChI=1S/C9H12F3N3/c1-5-3-8-13-7(9(10,11)12)4-6(2)15(8)14-5/h3,6-7,13H,4H2,1-2H3/t6-,7+/m0/s1. The summed E-state index contributed by atoms with van der Waals surface area (Å²) in [5.74, 6) is 0.452. The lowest BCUT2D eigenvalue weighted by Gasteiger charge is -2.31. The Labute approximate surface area is 85.3 Å². The molecular weight excluding hydrogens is 207 g/mol.